The fourth-order valence-corrected chi connectivity index (χ4v) is 4.14. The maximum absolute atomic E-state index is 13.4. The van der Waals surface area contributed by atoms with Gasteiger partial charge in [-0.25, -0.2) is 0 Å². The number of hydrogen-bond acceptors (Lipinski definition) is 2. The minimum atomic E-state index is -0.463. The average Bonchev–Trinajstić information content (AvgIpc) is 3.08. The van der Waals surface area contributed by atoms with E-state index in [0.717, 1.165) is 34.6 Å². The Labute approximate surface area is 190 Å². The lowest BCUT2D eigenvalue weighted by atomic mass is 9.90. The molecule has 0 fully saturated rings. The van der Waals surface area contributed by atoms with Gasteiger partial charge in [0.2, 0.25) is 0 Å². The minimum absolute atomic E-state index is 0.224. The lowest BCUT2D eigenvalue weighted by Crippen LogP contribution is -2.18. The van der Waals surface area contributed by atoms with Crippen LogP contribution in [0.25, 0.3) is 0 Å². The molecule has 162 valence electrons. The van der Waals surface area contributed by atoms with Crippen LogP contribution in [0.3, 0.4) is 0 Å². The second-order valence-electron chi connectivity index (χ2n) is 8.34. The second kappa shape index (κ2) is 9.69. The number of hydrogen-bond donors (Lipinski definition) is 0. The van der Waals surface area contributed by atoms with Gasteiger partial charge in [-0.1, -0.05) is 90.5 Å². The van der Waals surface area contributed by atoms with E-state index in [1.54, 1.807) is 0 Å². The van der Waals surface area contributed by atoms with Gasteiger partial charge in [-0.05, 0) is 49.1 Å². The molecule has 0 aliphatic carbocycles. The topological polar surface area (TPSA) is 31.2 Å². The van der Waals surface area contributed by atoms with Crippen LogP contribution in [0.15, 0.2) is 91.0 Å². The van der Waals surface area contributed by atoms with Crippen molar-refractivity contribution in [2.24, 2.45) is 0 Å². The quantitative estimate of drug-likeness (QED) is 0.325. The van der Waals surface area contributed by atoms with Crippen molar-refractivity contribution in [3.63, 3.8) is 0 Å². The van der Waals surface area contributed by atoms with Gasteiger partial charge in [0.25, 0.3) is 0 Å². The first-order valence-electron chi connectivity index (χ1n) is 11.0. The monoisotopic (exact) mass is 423 g/mol. The number of nitrogens with zero attached hydrogens (tertiary/aromatic N) is 1. The predicted molar refractivity (Wildman–Crippen MR) is 129 cm³/mol. The average molecular weight is 424 g/mol. The first kappa shape index (κ1) is 21.6. The lowest BCUT2D eigenvalue weighted by Gasteiger charge is -2.18. The number of rotatable bonds is 7. The fraction of sp³-hybridized carbons (Fsp3) is 0.207. The summed E-state index contributed by atoms with van der Waals surface area (Å²) in [5.74, 6) is -0.687. The molecule has 0 bridgehead atoms. The molecule has 0 saturated carbocycles. The Morgan fingerprint density at radius 1 is 0.812 bits per heavy atom. The molecule has 0 spiro atoms. The Bertz CT molecular complexity index is 1180. The van der Waals surface area contributed by atoms with E-state index in [9.17, 15) is 4.79 Å². The van der Waals surface area contributed by atoms with Crippen LogP contribution in [0.5, 0.6) is 0 Å². The van der Waals surface area contributed by atoms with Gasteiger partial charge < -0.3 is 9.30 Å². The summed E-state index contributed by atoms with van der Waals surface area (Å²) in [6.07, 6.45) is 0. The summed E-state index contributed by atoms with van der Waals surface area (Å²) < 4.78 is 8.08. The zero-order chi connectivity index (χ0) is 22.5. The van der Waals surface area contributed by atoms with Crippen LogP contribution in [-0.4, -0.2) is 10.5 Å². The van der Waals surface area contributed by atoms with Gasteiger partial charge in [0.05, 0.1) is 0 Å². The van der Waals surface area contributed by atoms with E-state index in [1.165, 1.54) is 11.1 Å². The second-order valence-corrected chi connectivity index (χ2v) is 8.34. The molecule has 0 aliphatic rings. The highest BCUT2D eigenvalue weighted by molar-refractivity contribution is 5.82. The van der Waals surface area contributed by atoms with Gasteiger partial charge in [-0.3, -0.25) is 4.79 Å². The van der Waals surface area contributed by atoms with Gasteiger partial charge in [0.1, 0.15) is 12.5 Å². The molecule has 0 saturated heterocycles. The molecule has 1 aromatic heterocycles. The summed E-state index contributed by atoms with van der Waals surface area (Å²) in [5, 5.41) is 0. The van der Waals surface area contributed by atoms with Crippen LogP contribution in [0.1, 0.15) is 45.1 Å². The van der Waals surface area contributed by atoms with Crippen molar-refractivity contribution < 1.29 is 9.53 Å². The van der Waals surface area contributed by atoms with Crippen LogP contribution in [0.4, 0.5) is 0 Å². The molecular weight excluding hydrogens is 394 g/mol. The number of carbonyl (C=O) groups excluding carboxylic acids is 1. The molecule has 0 N–H and O–H groups in total. The Morgan fingerprint density at radius 2 is 1.41 bits per heavy atom. The number of aryl methyl sites for hydroxylation is 2. The number of esters is 1. The van der Waals surface area contributed by atoms with Crippen molar-refractivity contribution in [1.82, 2.24) is 4.57 Å². The van der Waals surface area contributed by atoms with Crippen molar-refractivity contribution >= 4 is 5.97 Å². The van der Waals surface area contributed by atoms with Crippen LogP contribution in [0, 0.1) is 20.8 Å². The molecule has 32 heavy (non-hydrogen) atoms. The molecule has 1 heterocycles. The van der Waals surface area contributed by atoms with E-state index in [2.05, 4.69) is 67.8 Å². The molecule has 1 unspecified atom stereocenters. The molecule has 3 nitrogen and oxygen atoms in total. The van der Waals surface area contributed by atoms with Crippen molar-refractivity contribution in [2.75, 3.05) is 0 Å². The predicted octanol–water partition coefficient (Wildman–Crippen LogP) is 6.34. The highest BCUT2D eigenvalue weighted by Gasteiger charge is 2.28. The first-order valence-corrected chi connectivity index (χ1v) is 11.0. The Balaban J connectivity index is 1.67. The highest BCUT2D eigenvalue weighted by Crippen LogP contribution is 2.32. The Kier molecular flexibility index (Phi) is 6.55. The molecule has 1 atom stereocenters. The third kappa shape index (κ3) is 4.83. The van der Waals surface area contributed by atoms with Gasteiger partial charge in [-0.2, -0.15) is 0 Å². The highest BCUT2D eigenvalue weighted by atomic mass is 16.5. The van der Waals surface area contributed by atoms with Gasteiger partial charge in [-0.15, -0.1) is 0 Å². The van der Waals surface area contributed by atoms with Crippen LogP contribution >= 0.6 is 0 Å². The number of aromatic nitrogens is 1. The maximum atomic E-state index is 13.4. The number of ether oxygens (including phenoxy) is 1. The van der Waals surface area contributed by atoms with Crippen molar-refractivity contribution in [3.8, 4) is 0 Å². The van der Waals surface area contributed by atoms with Crippen LogP contribution < -0.4 is 0 Å². The van der Waals surface area contributed by atoms with Crippen molar-refractivity contribution in [1.29, 1.82) is 0 Å². The van der Waals surface area contributed by atoms with E-state index in [-0.39, 0.29) is 12.6 Å². The maximum Gasteiger partial charge on any atom is 0.318 e. The third-order valence-electron chi connectivity index (χ3n) is 5.98. The molecule has 0 aliphatic heterocycles. The standard InChI is InChI=1S/C29H29NO2/c1-21-14-16-26(17-15-21)28(29(31)32-20-25-12-8-5-9-13-25)27-18-22(2)30(23(27)3)19-24-10-6-4-7-11-24/h4-18,28H,19-20H2,1-3H3. The van der Waals surface area contributed by atoms with Gasteiger partial charge in [0, 0.05) is 17.9 Å². The van der Waals surface area contributed by atoms with E-state index in [0.29, 0.717) is 0 Å². The molecule has 3 heteroatoms. The number of benzene rings is 3. The molecule has 3 aromatic carbocycles. The van der Waals surface area contributed by atoms with Gasteiger partial charge in [0.15, 0.2) is 0 Å². The van der Waals surface area contributed by atoms with E-state index < -0.39 is 5.92 Å². The van der Waals surface area contributed by atoms with Crippen molar-refractivity contribution in [3.05, 3.63) is 130 Å². The van der Waals surface area contributed by atoms with Gasteiger partial charge >= 0.3 is 5.97 Å². The van der Waals surface area contributed by atoms with E-state index in [4.69, 9.17) is 4.74 Å². The third-order valence-corrected chi connectivity index (χ3v) is 5.98. The molecule has 0 amide bonds. The SMILES string of the molecule is Cc1ccc(C(C(=O)OCc2ccccc2)c2cc(C)n(Cc3ccccc3)c2C)cc1. The molecule has 4 rings (SSSR count). The Hall–Kier alpha value is -3.59. The smallest absolute Gasteiger partial charge is 0.318 e. The molecular formula is C29H29NO2. The number of carbonyl (C=O) groups is 1. The summed E-state index contributed by atoms with van der Waals surface area (Å²) in [7, 11) is 0. The summed E-state index contributed by atoms with van der Waals surface area (Å²) in [4.78, 5) is 13.4. The molecule has 0 radical (unpaired) electrons. The lowest BCUT2D eigenvalue weighted by molar-refractivity contribution is -0.145. The zero-order valence-electron chi connectivity index (χ0n) is 18.9. The van der Waals surface area contributed by atoms with Crippen molar-refractivity contribution in [2.45, 2.75) is 39.8 Å². The van der Waals surface area contributed by atoms with E-state index >= 15 is 0 Å². The summed E-state index contributed by atoms with van der Waals surface area (Å²) >= 11 is 0. The zero-order valence-corrected chi connectivity index (χ0v) is 18.9. The summed E-state index contributed by atoms with van der Waals surface area (Å²) in [6, 6.07) is 30.5. The van der Waals surface area contributed by atoms with E-state index in [1.807, 2.05) is 48.5 Å². The largest absolute Gasteiger partial charge is 0.460 e. The summed E-state index contributed by atoms with van der Waals surface area (Å²) in [6.45, 7) is 7.29. The van der Waals surface area contributed by atoms with Crippen LogP contribution in [0.2, 0.25) is 0 Å². The normalized spacial score (nSPS) is 11.8. The first-order chi connectivity index (χ1) is 15.5. The van der Waals surface area contributed by atoms with Crippen LogP contribution in [-0.2, 0) is 22.7 Å². The summed E-state index contributed by atoms with van der Waals surface area (Å²) in [5.41, 5.74) is 7.56. The Morgan fingerprint density at radius 3 is 2.03 bits per heavy atom. The molecule has 4 aromatic rings. The fourth-order valence-electron chi connectivity index (χ4n) is 4.14. The minimum Gasteiger partial charge on any atom is -0.460 e.